The number of aryl methyl sites for hydroxylation is 2. The number of hydrogen-bond donors (Lipinski definition) is 0. The van der Waals surface area contributed by atoms with Crippen molar-refractivity contribution in [3.8, 4) is 0 Å². The van der Waals surface area contributed by atoms with E-state index in [4.69, 9.17) is 14.2 Å². The van der Waals surface area contributed by atoms with Gasteiger partial charge in [0.05, 0.1) is 13.2 Å². The molecule has 0 amide bonds. The molecule has 0 aliphatic carbocycles. The number of rotatable bonds is 8. The lowest BCUT2D eigenvalue weighted by Gasteiger charge is -2.01. The summed E-state index contributed by atoms with van der Waals surface area (Å²) < 4.78 is 17.3. The molecule has 4 atom stereocenters. The van der Waals surface area contributed by atoms with E-state index in [1.165, 1.54) is 22.3 Å². The topological polar surface area (TPSA) is 34.3 Å². The van der Waals surface area contributed by atoms with Crippen LogP contribution in [0.15, 0.2) is 48.5 Å². The molecule has 0 aromatic heterocycles. The third-order valence-electron chi connectivity index (χ3n) is 5.16. The van der Waals surface area contributed by atoms with Gasteiger partial charge in [0.1, 0.15) is 24.4 Å². The minimum Gasteiger partial charge on any atom is -0.376 e. The van der Waals surface area contributed by atoms with Gasteiger partial charge in [0.15, 0.2) is 0 Å². The number of ether oxygens (including phenoxy) is 3. The van der Waals surface area contributed by atoms with Gasteiger partial charge in [-0.15, -0.1) is 0 Å². The fourth-order valence-electron chi connectivity index (χ4n) is 3.31. The molecule has 3 nitrogen and oxygen atoms in total. The number of epoxide rings is 2. The molecule has 2 heterocycles. The molecule has 2 fully saturated rings. The third kappa shape index (κ3) is 3.95. The minimum absolute atomic E-state index is 0.188. The molecule has 0 saturated carbocycles. The fourth-order valence-corrected chi connectivity index (χ4v) is 3.31. The molecule has 132 valence electrons. The van der Waals surface area contributed by atoms with Crippen molar-refractivity contribution in [2.75, 3.05) is 13.2 Å². The van der Waals surface area contributed by atoms with Gasteiger partial charge in [-0.25, -0.2) is 0 Å². The Morgan fingerprint density at radius 3 is 1.44 bits per heavy atom. The Kier molecular flexibility index (Phi) is 4.89. The summed E-state index contributed by atoms with van der Waals surface area (Å²) in [4.78, 5) is 0. The van der Waals surface area contributed by atoms with Crippen molar-refractivity contribution in [3.05, 3.63) is 70.8 Å². The molecule has 2 aliphatic heterocycles. The van der Waals surface area contributed by atoms with Gasteiger partial charge in [-0.3, -0.25) is 0 Å². The standard InChI is InChI=1S/C22H26O3/c1-3-15-5-9-17(10-6-15)21-19(24-21)13-23-14-20-22(25-20)18-11-7-16(4-2)8-12-18/h5-12,19-22H,3-4,13-14H2,1-2H3. The Morgan fingerprint density at radius 1 is 0.680 bits per heavy atom. The Labute approximate surface area is 149 Å². The maximum absolute atomic E-state index is 5.82. The molecular weight excluding hydrogens is 312 g/mol. The second kappa shape index (κ2) is 7.28. The molecule has 25 heavy (non-hydrogen) atoms. The van der Waals surface area contributed by atoms with Crippen molar-refractivity contribution in [1.29, 1.82) is 0 Å². The zero-order chi connectivity index (χ0) is 17.2. The SMILES string of the molecule is CCc1ccc(C2OC2COCC2OC2c2ccc(CC)cc2)cc1. The summed E-state index contributed by atoms with van der Waals surface area (Å²) >= 11 is 0. The Morgan fingerprint density at radius 2 is 1.08 bits per heavy atom. The van der Waals surface area contributed by atoms with Crippen LogP contribution in [0, 0.1) is 0 Å². The van der Waals surface area contributed by atoms with Crippen LogP contribution < -0.4 is 0 Å². The van der Waals surface area contributed by atoms with Crippen LogP contribution in [0.4, 0.5) is 0 Å². The highest BCUT2D eigenvalue weighted by Gasteiger charge is 2.43. The Hall–Kier alpha value is -1.68. The van der Waals surface area contributed by atoms with Gasteiger partial charge >= 0.3 is 0 Å². The lowest BCUT2D eigenvalue weighted by molar-refractivity contribution is 0.102. The average Bonchev–Trinajstić information content (AvgIpc) is 3.58. The monoisotopic (exact) mass is 338 g/mol. The van der Waals surface area contributed by atoms with Crippen LogP contribution in [0.3, 0.4) is 0 Å². The second-order valence-electron chi connectivity index (χ2n) is 6.92. The second-order valence-corrected chi connectivity index (χ2v) is 6.92. The lowest BCUT2D eigenvalue weighted by atomic mass is 10.1. The van der Waals surface area contributed by atoms with Crippen molar-refractivity contribution < 1.29 is 14.2 Å². The first-order valence-corrected chi connectivity index (χ1v) is 9.34. The molecule has 2 saturated heterocycles. The van der Waals surface area contributed by atoms with Crippen LogP contribution in [0.5, 0.6) is 0 Å². The first-order valence-electron chi connectivity index (χ1n) is 9.34. The average molecular weight is 338 g/mol. The summed E-state index contributed by atoms with van der Waals surface area (Å²) in [6, 6.07) is 17.4. The van der Waals surface area contributed by atoms with Crippen LogP contribution in [0.1, 0.15) is 48.3 Å². The zero-order valence-corrected chi connectivity index (χ0v) is 15.0. The predicted octanol–water partition coefficient (Wildman–Crippen LogP) is 4.41. The van der Waals surface area contributed by atoms with Crippen molar-refractivity contribution in [3.63, 3.8) is 0 Å². The van der Waals surface area contributed by atoms with Crippen LogP contribution in [0.2, 0.25) is 0 Å². The molecule has 4 rings (SSSR count). The van der Waals surface area contributed by atoms with E-state index in [-0.39, 0.29) is 24.4 Å². The summed E-state index contributed by atoms with van der Waals surface area (Å²) in [6.45, 7) is 5.62. The highest BCUT2D eigenvalue weighted by Crippen LogP contribution is 2.41. The van der Waals surface area contributed by atoms with Gasteiger partial charge in [-0.05, 0) is 35.1 Å². The predicted molar refractivity (Wildman–Crippen MR) is 97.7 cm³/mol. The van der Waals surface area contributed by atoms with Crippen LogP contribution in [-0.4, -0.2) is 25.4 Å². The van der Waals surface area contributed by atoms with E-state index >= 15 is 0 Å². The van der Waals surface area contributed by atoms with Crippen molar-refractivity contribution in [2.24, 2.45) is 0 Å². The zero-order valence-electron chi connectivity index (χ0n) is 15.0. The van der Waals surface area contributed by atoms with Crippen molar-refractivity contribution >= 4 is 0 Å². The maximum atomic E-state index is 5.82. The molecule has 2 aliphatic rings. The maximum Gasteiger partial charge on any atom is 0.112 e. The van der Waals surface area contributed by atoms with E-state index in [1.54, 1.807) is 0 Å². The Balaban J connectivity index is 1.18. The molecular formula is C22H26O3. The van der Waals surface area contributed by atoms with Gasteiger partial charge in [0, 0.05) is 0 Å². The summed E-state index contributed by atoms with van der Waals surface area (Å²) in [5.41, 5.74) is 5.23. The first kappa shape index (κ1) is 16.8. The minimum atomic E-state index is 0.188. The van der Waals surface area contributed by atoms with E-state index in [1.807, 2.05) is 0 Å². The number of hydrogen-bond acceptors (Lipinski definition) is 3. The van der Waals surface area contributed by atoms with E-state index < -0.39 is 0 Å². The third-order valence-corrected chi connectivity index (χ3v) is 5.16. The molecule has 0 spiro atoms. The molecule has 2 aromatic rings. The molecule has 0 bridgehead atoms. The lowest BCUT2D eigenvalue weighted by Crippen LogP contribution is -2.08. The van der Waals surface area contributed by atoms with E-state index in [0.29, 0.717) is 13.2 Å². The molecule has 0 radical (unpaired) electrons. The van der Waals surface area contributed by atoms with Crippen LogP contribution in [0.25, 0.3) is 0 Å². The van der Waals surface area contributed by atoms with E-state index in [2.05, 4.69) is 62.4 Å². The van der Waals surface area contributed by atoms with Crippen molar-refractivity contribution in [2.45, 2.75) is 51.1 Å². The fraction of sp³-hybridized carbons (Fsp3) is 0.455. The quantitative estimate of drug-likeness (QED) is 0.669. The van der Waals surface area contributed by atoms with Crippen LogP contribution >= 0.6 is 0 Å². The summed E-state index contributed by atoms with van der Waals surface area (Å²) in [7, 11) is 0. The molecule has 3 heteroatoms. The van der Waals surface area contributed by atoms with Gasteiger partial charge in [-0.2, -0.15) is 0 Å². The highest BCUT2D eigenvalue weighted by molar-refractivity contribution is 5.28. The molecule has 0 N–H and O–H groups in total. The van der Waals surface area contributed by atoms with Crippen LogP contribution in [-0.2, 0) is 27.1 Å². The van der Waals surface area contributed by atoms with Crippen molar-refractivity contribution in [1.82, 2.24) is 0 Å². The number of benzene rings is 2. The van der Waals surface area contributed by atoms with Gasteiger partial charge in [0.2, 0.25) is 0 Å². The van der Waals surface area contributed by atoms with E-state index in [0.717, 1.165) is 12.8 Å². The van der Waals surface area contributed by atoms with Gasteiger partial charge in [-0.1, -0.05) is 62.4 Å². The molecule has 4 unspecified atom stereocenters. The Bertz CT molecular complexity index is 631. The normalized spacial score (nSPS) is 27.3. The highest BCUT2D eigenvalue weighted by atomic mass is 16.6. The van der Waals surface area contributed by atoms with Gasteiger partial charge in [0.25, 0.3) is 0 Å². The summed E-state index contributed by atoms with van der Waals surface area (Å²) in [6.07, 6.45) is 2.92. The largest absolute Gasteiger partial charge is 0.376 e. The van der Waals surface area contributed by atoms with E-state index in [9.17, 15) is 0 Å². The first-order chi connectivity index (χ1) is 12.3. The van der Waals surface area contributed by atoms with Gasteiger partial charge < -0.3 is 14.2 Å². The smallest absolute Gasteiger partial charge is 0.112 e. The summed E-state index contributed by atoms with van der Waals surface area (Å²) in [5.74, 6) is 0. The molecule has 2 aromatic carbocycles. The summed E-state index contributed by atoms with van der Waals surface area (Å²) in [5, 5.41) is 0.